The fourth-order valence-electron chi connectivity index (χ4n) is 2.38. The van der Waals surface area contributed by atoms with E-state index in [-0.39, 0.29) is 11.9 Å². The summed E-state index contributed by atoms with van der Waals surface area (Å²) in [5, 5.41) is 3.04. The first-order chi connectivity index (χ1) is 11.2. The van der Waals surface area contributed by atoms with Crippen LogP contribution in [-0.4, -0.2) is 15.9 Å². The van der Waals surface area contributed by atoms with Gasteiger partial charge >= 0.3 is 0 Å². The number of carbonyl (C=O) groups is 1. The molecule has 0 bridgehead atoms. The van der Waals surface area contributed by atoms with Gasteiger partial charge in [-0.1, -0.05) is 60.2 Å². The Bertz CT molecular complexity index is 771. The zero-order chi connectivity index (χ0) is 16.1. The standard InChI is InChI=1S/C19H17N3O/c1-14-7-9-16(10-8-14)18(15-5-3-2-4-6-15)22-19(23)17-13-20-11-12-21-17/h2-13,18H,1H3,(H,22,23). The lowest BCUT2D eigenvalue weighted by atomic mass is 9.97. The number of nitrogens with zero attached hydrogens (tertiary/aromatic N) is 2. The minimum atomic E-state index is -0.243. The van der Waals surface area contributed by atoms with Crippen molar-refractivity contribution in [1.82, 2.24) is 15.3 Å². The van der Waals surface area contributed by atoms with Crippen LogP contribution in [-0.2, 0) is 0 Å². The predicted molar refractivity (Wildman–Crippen MR) is 89.0 cm³/mol. The fraction of sp³-hybridized carbons (Fsp3) is 0.105. The van der Waals surface area contributed by atoms with Crippen LogP contribution in [0.4, 0.5) is 0 Å². The number of rotatable bonds is 4. The highest BCUT2D eigenvalue weighted by molar-refractivity contribution is 5.92. The molecule has 0 aliphatic rings. The van der Waals surface area contributed by atoms with Crippen molar-refractivity contribution >= 4 is 5.91 Å². The minimum Gasteiger partial charge on any atom is -0.340 e. The number of aryl methyl sites for hydroxylation is 1. The Morgan fingerprint density at radius 2 is 1.65 bits per heavy atom. The Morgan fingerprint density at radius 3 is 2.30 bits per heavy atom. The molecule has 4 nitrogen and oxygen atoms in total. The van der Waals surface area contributed by atoms with Gasteiger partial charge in [0.05, 0.1) is 12.2 Å². The van der Waals surface area contributed by atoms with E-state index in [1.54, 1.807) is 6.20 Å². The van der Waals surface area contributed by atoms with E-state index in [1.807, 2.05) is 61.5 Å². The average molecular weight is 303 g/mol. The molecule has 0 spiro atoms. The third-order valence-electron chi connectivity index (χ3n) is 3.61. The van der Waals surface area contributed by atoms with Crippen LogP contribution in [0, 0.1) is 6.92 Å². The summed E-state index contributed by atoms with van der Waals surface area (Å²) < 4.78 is 0. The second-order valence-corrected chi connectivity index (χ2v) is 5.32. The summed E-state index contributed by atoms with van der Waals surface area (Å²) in [7, 11) is 0. The van der Waals surface area contributed by atoms with Crippen molar-refractivity contribution in [2.45, 2.75) is 13.0 Å². The second kappa shape index (κ2) is 6.83. The van der Waals surface area contributed by atoms with Crippen LogP contribution < -0.4 is 5.32 Å². The van der Waals surface area contributed by atoms with Crippen LogP contribution in [0.1, 0.15) is 33.2 Å². The molecule has 0 saturated carbocycles. The van der Waals surface area contributed by atoms with E-state index in [0.29, 0.717) is 5.69 Å². The van der Waals surface area contributed by atoms with E-state index in [2.05, 4.69) is 15.3 Å². The van der Waals surface area contributed by atoms with Gasteiger partial charge in [-0.25, -0.2) is 4.98 Å². The van der Waals surface area contributed by atoms with Crippen LogP contribution in [0.5, 0.6) is 0 Å². The lowest BCUT2D eigenvalue weighted by Crippen LogP contribution is -2.30. The zero-order valence-electron chi connectivity index (χ0n) is 12.8. The van der Waals surface area contributed by atoms with Gasteiger partial charge in [0.2, 0.25) is 0 Å². The highest BCUT2D eigenvalue weighted by atomic mass is 16.1. The van der Waals surface area contributed by atoms with Crippen molar-refractivity contribution < 1.29 is 4.79 Å². The summed E-state index contributed by atoms with van der Waals surface area (Å²) in [4.78, 5) is 20.5. The van der Waals surface area contributed by atoms with E-state index in [4.69, 9.17) is 0 Å². The van der Waals surface area contributed by atoms with Crippen LogP contribution in [0.15, 0.2) is 73.2 Å². The van der Waals surface area contributed by atoms with E-state index >= 15 is 0 Å². The number of aromatic nitrogens is 2. The van der Waals surface area contributed by atoms with Crippen LogP contribution in [0.2, 0.25) is 0 Å². The topological polar surface area (TPSA) is 54.9 Å². The van der Waals surface area contributed by atoms with Gasteiger partial charge in [0.25, 0.3) is 5.91 Å². The first kappa shape index (κ1) is 14.9. The van der Waals surface area contributed by atoms with Gasteiger partial charge in [-0.2, -0.15) is 0 Å². The summed E-state index contributed by atoms with van der Waals surface area (Å²) in [6, 6.07) is 17.8. The minimum absolute atomic E-state index is 0.230. The molecule has 1 atom stereocenters. The summed E-state index contributed by atoms with van der Waals surface area (Å²) in [6.45, 7) is 2.04. The molecule has 0 aliphatic heterocycles. The number of amides is 1. The van der Waals surface area contributed by atoms with Gasteiger partial charge in [-0.05, 0) is 18.1 Å². The van der Waals surface area contributed by atoms with Crippen molar-refractivity contribution in [2.24, 2.45) is 0 Å². The third kappa shape index (κ3) is 3.61. The quantitative estimate of drug-likeness (QED) is 0.804. The normalized spacial score (nSPS) is 11.7. The predicted octanol–water partition coefficient (Wildman–Crippen LogP) is 3.30. The highest BCUT2D eigenvalue weighted by Crippen LogP contribution is 2.22. The van der Waals surface area contributed by atoms with Crippen molar-refractivity contribution in [2.75, 3.05) is 0 Å². The Kier molecular flexibility index (Phi) is 4.43. The summed E-state index contributed by atoms with van der Waals surface area (Å²) in [5.74, 6) is -0.243. The lowest BCUT2D eigenvalue weighted by molar-refractivity contribution is 0.0937. The van der Waals surface area contributed by atoms with Gasteiger partial charge in [-0.3, -0.25) is 9.78 Å². The molecule has 4 heteroatoms. The summed E-state index contributed by atoms with van der Waals surface area (Å²) >= 11 is 0. The van der Waals surface area contributed by atoms with Crippen molar-refractivity contribution in [3.05, 3.63) is 95.6 Å². The number of benzene rings is 2. The SMILES string of the molecule is Cc1ccc(C(NC(=O)c2cnccn2)c2ccccc2)cc1. The first-order valence-corrected chi connectivity index (χ1v) is 7.42. The first-order valence-electron chi connectivity index (χ1n) is 7.42. The van der Waals surface area contributed by atoms with Crippen molar-refractivity contribution in [1.29, 1.82) is 0 Å². The zero-order valence-corrected chi connectivity index (χ0v) is 12.8. The van der Waals surface area contributed by atoms with E-state index in [0.717, 1.165) is 11.1 Å². The number of carbonyl (C=O) groups excluding carboxylic acids is 1. The molecule has 1 unspecified atom stereocenters. The van der Waals surface area contributed by atoms with Crippen molar-refractivity contribution in [3.8, 4) is 0 Å². The van der Waals surface area contributed by atoms with Gasteiger partial charge in [-0.15, -0.1) is 0 Å². The molecular formula is C19H17N3O. The number of hydrogen-bond donors (Lipinski definition) is 1. The molecule has 3 aromatic rings. The maximum atomic E-state index is 12.5. The van der Waals surface area contributed by atoms with E-state index in [1.165, 1.54) is 18.0 Å². The molecule has 1 N–H and O–H groups in total. The molecule has 0 fully saturated rings. The number of nitrogens with one attached hydrogen (secondary N) is 1. The van der Waals surface area contributed by atoms with Gasteiger partial charge < -0.3 is 5.32 Å². The third-order valence-corrected chi connectivity index (χ3v) is 3.61. The van der Waals surface area contributed by atoms with Crippen LogP contribution >= 0.6 is 0 Å². The second-order valence-electron chi connectivity index (χ2n) is 5.32. The van der Waals surface area contributed by atoms with E-state index in [9.17, 15) is 4.79 Å². The van der Waals surface area contributed by atoms with Gasteiger partial charge in [0.1, 0.15) is 5.69 Å². The molecular weight excluding hydrogens is 286 g/mol. The van der Waals surface area contributed by atoms with Crippen molar-refractivity contribution in [3.63, 3.8) is 0 Å². The molecule has 0 radical (unpaired) electrons. The molecule has 114 valence electrons. The van der Waals surface area contributed by atoms with Crippen LogP contribution in [0.3, 0.4) is 0 Å². The fourth-order valence-corrected chi connectivity index (χ4v) is 2.38. The van der Waals surface area contributed by atoms with Crippen LogP contribution in [0.25, 0.3) is 0 Å². The molecule has 23 heavy (non-hydrogen) atoms. The summed E-state index contributed by atoms with van der Waals surface area (Å²) in [5.41, 5.74) is 3.54. The Hall–Kier alpha value is -3.01. The van der Waals surface area contributed by atoms with Gasteiger partial charge in [0.15, 0.2) is 0 Å². The molecule has 1 aromatic heterocycles. The molecule has 3 rings (SSSR count). The average Bonchev–Trinajstić information content (AvgIpc) is 2.62. The molecule has 2 aromatic carbocycles. The largest absolute Gasteiger partial charge is 0.340 e. The summed E-state index contributed by atoms with van der Waals surface area (Å²) in [6.07, 6.45) is 4.52. The van der Waals surface area contributed by atoms with E-state index < -0.39 is 0 Å². The molecule has 0 aliphatic carbocycles. The highest BCUT2D eigenvalue weighted by Gasteiger charge is 2.18. The molecule has 1 amide bonds. The number of hydrogen-bond acceptors (Lipinski definition) is 3. The maximum absolute atomic E-state index is 12.5. The van der Waals surface area contributed by atoms with Gasteiger partial charge in [0, 0.05) is 12.4 Å². The monoisotopic (exact) mass is 303 g/mol. The smallest absolute Gasteiger partial charge is 0.272 e. The molecule has 0 saturated heterocycles. The maximum Gasteiger partial charge on any atom is 0.272 e. The Morgan fingerprint density at radius 1 is 0.957 bits per heavy atom. The molecule has 1 heterocycles. The Labute approximate surface area is 135 Å². The lowest BCUT2D eigenvalue weighted by Gasteiger charge is -2.20. The Balaban J connectivity index is 1.93.